The van der Waals surface area contributed by atoms with Crippen LogP contribution in [0.1, 0.15) is 22.5 Å². The molecule has 3 heterocycles. The Kier molecular flexibility index (Phi) is 4.71. The summed E-state index contributed by atoms with van der Waals surface area (Å²) in [5, 5.41) is 10.7. The Morgan fingerprint density at radius 1 is 1.40 bits per heavy atom. The molecule has 1 aliphatic heterocycles. The van der Waals surface area contributed by atoms with Gasteiger partial charge < -0.3 is 10.2 Å². The molecule has 1 unspecified atom stereocenters. The molecular weight excluding hydrogens is 337 g/mol. The number of halogens is 3. The number of aromatic nitrogens is 4. The Balaban J connectivity index is 1.71. The molecule has 0 radical (unpaired) electrons. The minimum absolute atomic E-state index is 0.145. The minimum atomic E-state index is -4.45. The molecule has 0 aliphatic carbocycles. The molecule has 1 fully saturated rings. The molecule has 0 aromatic carbocycles. The van der Waals surface area contributed by atoms with E-state index in [0.29, 0.717) is 19.0 Å². The van der Waals surface area contributed by atoms with Crippen molar-refractivity contribution in [3.05, 3.63) is 35.8 Å². The largest absolute Gasteiger partial charge is 0.417 e. The Bertz CT molecular complexity index is 742. The van der Waals surface area contributed by atoms with Crippen LogP contribution in [-0.2, 0) is 6.18 Å². The first-order valence-electron chi connectivity index (χ1n) is 7.78. The van der Waals surface area contributed by atoms with Crippen LogP contribution < -0.4 is 5.32 Å². The van der Waals surface area contributed by atoms with E-state index >= 15 is 0 Å². The molecule has 1 saturated heterocycles. The Hall–Kier alpha value is -2.49. The van der Waals surface area contributed by atoms with Gasteiger partial charge in [-0.15, -0.1) is 5.10 Å². The van der Waals surface area contributed by atoms with Gasteiger partial charge in [0.15, 0.2) is 11.5 Å². The number of nitrogens with zero attached hydrogens (tertiary/aromatic N) is 5. The summed E-state index contributed by atoms with van der Waals surface area (Å²) < 4.78 is 38.9. The van der Waals surface area contributed by atoms with Gasteiger partial charge in [0.1, 0.15) is 0 Å². The zero-order chi connectivity index (χ0) is 18.0. The summed E-state index contributed by atoms with van der Waals surface area (Å²) in [4.78, 5) is 17.9. The smallest absolute Gasteiger partial charge is 0.337 e. The number of amides is 1. The number of alkyl halides is 3. The predicted molar refractivity (Wildman–Crippen MR) is 82.1 cm³/mol. The Labute approximate surface area is 141 Å². The second-order valence-corrected chi connectivity index (χ2v) is 5.91. The van der Waals surface area contributed by atoms with Gasteiger partial charge in [0.05, 0.1) is 11.8 Å². The fourth-order valence-electron chi connectivity index (χ4n) is 2.80. The van der Waals surface area contributed by atoms with E-state index in [4.69, 9.17) is 0 Å². The molecule has 3 rings (SSSR count). The number of hydrogen-bond acceptors (Lipinski definition) is 5. The maximum absolute atomic E-state index is 12.6. The van der Waals surface area contributed by atoms with Crippen LogP contribution in [0.5, 0.6) is 0 Å². The maximum Gasteiger partial charge on any atom is 0.417 e. The van der Waals surface area contributed by atoms with E-state index in [1.165, 1.54) is 16.9 Å². The van der Waals surface area contributed by atoms with Crippen molar-refractivity contribution in [1.29, 1.82) is 0 Å². The summed E-state index contributed by atoms with van der Waals surface area (Å²) in [7, 11) is 1.87. The van der Waals surface area contributed by atoms with E-state index in [0.717, 1.165) is 25.2 Å². The molecule has 2 aromatic heterocycles. The second-order valence-electron chi connectivity index (χ2n) is 5.91. The van der Waals surface area contributed by atoms with Crippen LogP contribution in [0.3, 0.4) is 0 Å². The lowest BCUT2D eigenvalue weighted by Gasteiger charge is -2.14. The van der Waals surface area contributed by atoms with Crippen LogP contribution in [0.2, 0.25) is 0 Å². The van der Waals surface area contributed by atoms with E-state index in [2.05, 4.69) is 20.6 Å². The van der Waals surface area contributed by atoms with Crippen molar-refractivity contribution in [2.45, 2.75) is 12.6 Å². The van der Waals surface area contributed by atoms with Crippen LogP contribution in [0.4, 0.5) is 13.2 Å². The molecule has 1 atom stereocenters. The summed E-state index contributed by atoms with van der Waals surface area (Å²) in [6.45, 7) is 2.13. The lowest BCUT2D eigenvalue weighted by Crippen LogP contribution is -2.30. The van der Waals surface area contributed by atoms with Gasteiger partial charge in [-0.2, -0.15) is 13.2 Å². The van der Waals surface area contributed by atoms with Gasteiger partial charge >= 0.3 is 6.18 Å². The molecule has 2 aromatic rings. The Morgan fingerprint density at radius 3 is 2.84 bits per heavy atom. The van der Waals surface area contributed by atoms with Gasteiger partial charge in [-0.25, -0.2) is 9.67 Å². The third-order valence-corrected chi connectivity index (χ3v) is 4.09. The standard InChI is InChI=1S/C15H17F3N6O/c1-19-6-10-4-5-23(8-10)14(25)12-9-24(22-21-12)13-3-2-11(7-20-13)15(16,17)18/h2-3,7,9-10,19H,4-6,8H2,1H3. The molecule has 1 amide bonds. The van der Waals surface area contributed by atoms with Crippen LogP contribution in [0.15, 0.2) is 24.5 Å². The first-order chi connectivity index (χ1) is 11.9. The van der Waals surface area contributed by atoms with Crippen molar-refractivity contribution < 1.29 is 18.0 Å². The normalized spacial score (nSPS) is 17.9. The quantitative estimate of drug-likeness (QED) is 0.897. The zero-order valence-corrected chi connectivity index (χ0v) is 13.5. The van der Waals surface area contributed by atoms with E-state index < -0.39 is 11.7 Å². The SMILES string of the molecule is CNCC1CCN(C(=O)c2cn(-c3ccc(C(F)(F)F)cn3)nn2)C1. The lowest BCUT2D eigenvalue weighted by atomic mass is 10.1. The van der Waals surface area contributed by atoms with Crippen LogP contribution in [0.25, 0.3) is 5.82 Å². The van der Waals surface area contributed by atoms with Crippen LogP contribution in [0, 0.1) is 5.92 Å². The monoisotopic (exact) mass is 354 g/mol. The molecule has 0 saturated carbocycles. The predicted octanol–water partition coefficient (Wildman–Crippen LogP) is 1.36. The van der Waals surface area contributed by atoms with E-state index in [1.807, 2.05) is 7.05 Å². The van der Waals surface area contributed by atoms with Gasteiger partial charge in [-0.3, -0.25) is 4.79 Å². The van der Waals surface area contributed by atoms with Crippen molar-refractivity contribution >= 4 is 5.91 Å². The van der Waals surface area contributed by atoms with Gasteiger partial charge in [0.25, 0.3) is 5.91 Å². The number of rotatable bonds is 4. The summed E-state index contributed by atoms with van der Waals surface area (Å²) in [5.74, 6) is 0.325. The fourth-order valence-corrected chi connectivity index (χ4v) is 2.80. The van der Waals surface area contributed by atoms with Crippen LogP contribution in [-0.4, -0.2) is 57.5 Å². The highest BCUT2D eigenvalue weighted by atomic mass is 19.4. The average Bonchev–Trinajstić information content (AvgIpc) is 3.23. The third-order valence-electron chi connectivity index (χ3n) is 4.09. The van der Waals surface area contributed by atoms with Gasteiger partial charge in [-0.1, -0.05) is 5.21 Å². The highest BCUT2D eigenvalue weighted by molar-refractivity contribution is 5.92. The summed E-state index contributed by atoms with van der Waals surface area (Å²) in [6, 6.07) is 2.10. The number of carbonyl (C=O) groups excluding carboxylic acids is 1. The molecule has 1 aliphatic rings. The average molecular weight is 354 g/mol. The molecule has 0 bridgehead atoms. The lowest BCUT2D eigenvalue weighted by molar-refractivity contribution is -0.137. The third kappa shape index (κ3) is 3.78. The summed E-state index contributed by atoms with van der Waals surface area (Å²) >= 11 is 0. The number of likely N-dealkylation sites (tertiary alicyclic amines) is 1. The fraction of sp³-hybridized carbons (Fsp3) is 0.467. The molecule has 0 spiro atoms. The van der Waals surface area contributed by atoms with E-state index in [-0.39, 0.29) is 17.4 Å². The first kappa shape index (κ1) is 17.3. The topological polar surface area (TPSA) is 75.9 Å². The van der Waals surface area contributed by atoms with E-state index in [1.54, 1.807) is 4.90 Å². The maximum atomic E-state index is 12.6. The molecular formula is C15H17F3N6O. The number of hydrogen-bond donors (Lipinski definition) is 1. The van der Waals surface area contributed by atoms with Crippen molar-refractivity contribution in [2.75, 3.05) is 26.7 Å². The molecule has 7 nitrogen and oxygen atoms in total. The van der Waals surface area contributed by atoms with Crippen molar-refractivity contribution in [3.8, 4) is 5.82 Å². The van der Waals surface area contributed by atoms with Crippen LogP contribution >= 0.6 is 0 Å². The first-order valence-corrected chi connectivity index (χ1v) is 7.78. The molecule has 1 N–H and O–H groups in total. The summed E-state index contributed by atoms with van der Waals surface area (Å²) in [5.41, 5.74) is -0.702. The van der Waals surface area contributed by atoms with Gasteiger partial charge in [0, 0.05) is 19.3 Å². The van der Waals surface area contributed by atoms with E-state index in [9.17, 15) is 18.0 Å². The molecule has 10 heteroatoms. The van der Waals surface area contributed by atoms with Gasteiger partial charge in [0.2, 0.25) is 0 Å². The molecule has 134 valence electrons. The number of nitrogens with one attached hydrogen (secondary N) is 1. The number of carbonyl (C=O) groups is 1. The highest BCUT2D eigenvalue weighted by Gasteiger charge is 2.31. The number of pyridine rings is 1. The molecule has 25 heavy (non-hydrogen) atoms. The highest BCUT2D eigenvalue weighted by Crippen LogP contribution is 2.28. The Morgan fingerprint density at radius 2 is 2.20 bits per heavy atom. The van der Waals surface area contributed by atoms with Crippen molar-refractivity contribution in [1.82, 2.24) is 30.2 Å². The van der Waals surface area contributed by atoms with Crippen molar-refractivity contribution in [3.63, 3.8) is 0 Å². The second kappa shape index (κ2) is 6.79. The van der Waals surface area contributed by atoms with Gasteiger partial charge in [-0.05, 0) is 38.1 Å². The minimum Gasteiger partial charge on any atom is -0.337 e. The summed E-state index contributed by atoms with van der Waals surface area (Å²) in [6.07, 6.45) is -1.43. The zero-order valence-electron chi connectivity index (χ0n) is 13.5. The van der Waals surface area contributed by atoms with Crippen molar-refractivity contribution in [2.24, 2.45) is 5.92 Å².